The van der Waals surface area contributed by atoms with Crippen LogP contribution >= 0.6 is 0 Å². The third-order valence-corrected chi connectivity index (χ3v) is 3.89. The summed E-state index contributed by atoms with van der Waals surface area (Å²) in [6.07, 6.45) is 2.40. The molecule has 0 aromatic heterocycles. The molecule has 5 heteroatoms. The van der Waals surface area contributed by atoms with E-state index in [1.807, 2.05) is 18.2 Å². The fourth-order valence-electron chi connectivity index (χ4n) is 2.47. The minimum atomic E-state index is -0.598. The van der Waals surface area contributed by atoms with Crippen LogP contribution in [0.3, 0.4) is 0 Å². The fourth-order valence-corrected chi connectivity index (χ4v) is 2.47. The summed E-state index contributed by atoms with van der Waals surface area (Å²) in [6.45, 7) is 0.715. The average Bonchev–Trinajstić information content (AvgIpc) is 2.42. The van der Waals surface area contributed by atoms with E-state index in [1.165, 1.54) is 0 Å². The molecule has 5 nitrogen and oxygen atoms in total. The van der Waals surface area contributed by atoms with E-state index in [2.05, 4.69) is 5.32 Å². The highest BCUT2D eigenvalue weighted by Gasteiger charge is 2.39. The molecule has 1 saturated carbocycles. The molecule has 19 heavy (non-hydrogen) atoms. The van der Waals surface area contributed by atoms with Crippen molar-refractivity contribution in [2.75, 3.05) is 13.2 Å². The van der Waals surface area contributed by atoms with Crippen molar-refractivity contribution in [3.63, 3.8) is 0 Å². The smallest absolute Gasteiger partial charge is 0.265 e. The largest absolute Gasteiger partial charge is 0.485 e. The second kappa shape index (κ2) is 4.74. The monoisotopic (exact) mass is 262 g/mol. The van der Waals surface area contributed by atoms with E-state index in [-0.39, 0.29) is 18.1 Å². The molecule has 1 aliphatic heterocycles. The lowest BCUT2D eigenvalue weighted by molar-refractivity contribution is -0.133. The highest BCUT2D eigenvalue weighted by molar-refractivity contribution is 5.82. The minimum Gasteiger partial charge on any atom is -0.485 e. The van der Waals surface area contributed by atoms with Crippen LogP contribution in [0, 0.1) is 0 Å². The first kappa shape index (κ1) is 12.3. The second-order valence-corrected chi connectivity index (χ2v) is 5.19. The van der Waals surface area contributed by atoms with Crippen LogP contribution in [0.5, 0.6) is 11.5 Å². The molecular formula is C14H18N2O3. The topological polar surface area (TPSA) is 73.6 Å². The highest BCUT2D eigenvalue weighted by atomic mass is 16.6. The number of hydrogen-bond donors (Lipinski definition) is 2. The van der Waals surface area contributed by atoms with Crippen LogP contribution in [0.1, 0.15) is 19.3 Å². The number of ether oxygens (including phenoxy) is 2. The Hall–Kier alpha value is -1.75. The van der Waals surface area contributed by atoms with Crippen LogP contribution in [-0.4, -0.2) is 30.7 Å². The van der Waals surface area contributed by atoms with Crippen molar-refractivity contribution in [1.82, 2.24) is 5.32 Å². The van der Waals surface area contributed by atoms with Gasteiger partial charge in [0.2, 0.25) is 6.10 Å². The molecule has 0 saturated heterocycles. The maximum Gasteiger partial charge on any atom is 0.265 e. The third-order valence-electron chi connectivity index (χ3n) is 3.89. The van der Waals surface area contributed by atoms with Gasteiger partial charge in [-0.2, -0.15) is 0 Å². The molecule has 3 N–H and O–H groups in total. The summed E-state index contributed by atoms with van der Waals surface area (Å²) in [4.78, 5) is 12.2. The number of nitrogens with one attached hydrogen (secondary N) is 1. The van der Waals surface area contributed by atoms with Gasteiger partial charge in [0.1, 0.15) is 6.61 Å². The first-order chi connectivity index (χ1) is 9.22. The molecule has 1 amide bonds. The van der Waals surface area contributed by atoms with Gasteiger partial charge in [0, 0.05) is 6.54 Å². The number of fused-ring (bicyclic) bond motifs is 1. The number of hydrogen-bond acceptors (Lipinski definition) is 4. The molecule has 1 atom stereocenters. The van der Waals surface area contributed by atoms with Crippen molar-refractivity contribution < 1.29 is 14.3 Å². The molecule has 2 aliphatic rings. The average molecular weight is 262 g/mol. The van der Waals surface area contributed by atoms with E-state index < -0.39 is 6.10 Å². The van der Waals surface area contributed by atoms with Crippen LogP contribution in [-0.2, 0) is 4.79 Å². The van der Waals surface area contributed by atoms with Gasteiger partial charge in [-0.05, 0) is 31.4 Å². The van der Waals surface area contributed by atoms with Crippen molar-refractivity contribution in [2.24, 2.45) is 5.73 Å². The molecule has 1 fully saturated rings. The minimum absolute atomic E-state index is 0.139. The lowest BCUT2D eigenvalue weighted by atomic mass is 9.76. The van der Waals surface area contributed by atoms with Crippen LogP contribution in [0.25, 0.3) is 0 Å². The Morgan fingerprint density at radius 1 is 1.37 bits per heavy atom. The first-order valence-electron chi connectivity index (χ1n) is 6.63. The summed E-state index contributed by atoms with van der Waals surface area (Å²) >= 11 is 0. The van der Waals surface area contributed by atoms with Gasteiger partial charge < -0.3 is 20.5 Å². The zero-order chi connectivity index (χ0) is 13.3. The highest BCUT2D eigenvalue weighted by Crippen LogP contribution is 2.33. The van der Waals surface area contributed by atoms with Gasteiger partial charge in [-0.25, -0.2) is 0 Å². The van der Waals surface area contributed by atoms with Crippen molar-refractivity contribution in [3.8, 4) is 11.5 Å². The summed E-state index contributed by atoms with van der Waals surface area (Å²) in [6, 6.07) is 7.36. The van der Waals surface area contributed by atoms with Gasteiger partial charge in [-0.15, -0.1) is 0 Å². The van der Waals surface area contributed by atoms with Gasteiger partial charge in [-0.1, -0.05) is 12.1 Å². The van der Waals surface area contributed by atoms with Crippen LogP contribution in [0.2, 0.25) is 0 Å². The van der Waals surface area contributed by atoms with E-state index in [9.17, 15) is 4.79 Å². The number of carbonyl (C=O) groups excluding carboxylic acids is 1. The zero-order valence-electron chi connectivity index (χ0n) is 10.7. The predicted molar refractivity (Wildman–Crippen MR) is 70.1 cm³/mol. The molecule has 102 valence electrons. The normalized spacial score (nSPS) is 23.3. The number of rotatable bonds is 3. The van der Waals surface area contributed by atoms with Crippen LogP contribution in [0.4, 0.5) is 0 Å². The SMILES string of the molecule is NCC1(NC(=O)C2COc3ccccc3O2)CCC1. The molecule has 0 bridgehead atoms. The Morgan fingerprint density at radius 3 is 2.74 bits per heavy atom. The van der Waals surface area contributed by atoms with Crippen molar-refractivity contribution in [2.45, 2.75) is 30.9 Å². The Morgan fingerprint density at radius 2 is 2.11 bits per heavy atom. The van der Waals surface area contributed by atoms with Gasteiger partial charge >= 0.3 is 0 Å². The molecule has 1 unspecified atom stereocenters. The molecule has 3 rings (SSSR count). The fraction of sp³-hybridized carbons (Fsp3) is 0.500. The number of carbonyl (C=O) groups is 1. The number of benzene rings is 1. The maximum atomic E-state index is 12.2. The molecule has 1 aliphatic carbocycles. The molecule has 1 aromatic carbocycles. The summed E-state index contributed by atoms with van der Waals surface area (Å²) in [7, 11) is 0. The summed E-state index contributed by atoms with van der Waals surface area (Å²) in [5, 5.41) is 3.01. The quantitative estimate of drug-likeness (QED) is 0.846. The van der Waals surface area contributed by atoms with Crippen molar-refractivity contribution in [1.29, 1.82) is 0 Å². The molecule has 0 spiro atoms. The van der Waals surface area contributed by atoms with Gasteiger partial charge in [0.05, 0.1) is 5.54 Å². The molecule has 1 aromatic rings. The predicted octanol–water partition coefficient (Wildman–Crippen LogP) is 0.824. The standard InChI is InChI=1S/C14H18N2O3/c15-9-14(6-3-7-14)16-13(17)12-8-18-10-4-1-2-5-11(10)19-12/h1-2,4-5,12H,3,6-9,15H2,(H,16,17). The summed E-state index contributed by atoms with van der Waals surface area (Å²) < 4.78 is 11.2. The Bertz CT molecular complexity index is 480. The molecule has 0 radical (unpaired) electrons. The van der Waals surface area contributed by atoms with Crippen LogP contribution in [0.15, 0.2) is 24.3 Å². The summed E-state index contributed by atoms with van der Waals surface area (Å²) in [5.74, 6) is 1.16. The van der Waals surface area contributed by atoms with Crippen molar-refractivity contribution >= 4 is 5.91 Å². The first-order valence-corrected chi connectivity index (χ1v) is 6.63. The van der Waals surface area contributed by atoms with Crippen LogP contribution < -0.4 is 20.5 Å². The lowest BCUT2D eigenvalue weighted by Crippen LogP contribution is -2.61. The van der Waals surface area contributed by atoms with E-state index >= 15 is 0 Å². The van der Waals surface area contributed by atoms with Gasteiger partial charge in [-0.3, -0.25) is 4.79 Å². The van der Waals surface area contributed by atoms with Gasteiger partial charge in [0.25, 0.3) is 5.91 Å². The van der Waals surface area contributed by atoms with Gasteiger partial charge in [0.15, 0.2) is 11.5 Å². The van der Waals surface area contributed by atoms with E-state index in [0.717, 1.165) is 19.3 Å². The van der Waals surface area contributed by atoms with E-state index in [0.29, 0.717) is 18.0 Å². The number of amides is 1. The lowest BCUT2D eigenvalue weighted by Gasteiger charge is -2.42. The Balaban J connectivity index is 1.66. The van der Waals surface area contributed by atoms with E-state index in [4.69, 9.17) is 15.2 Å². The second-order valence-electron chi connectivity index (χ2n) is 5.19. The number of nitrogens with two attached hydrogens (primary N) is 1. The zero-order valence-corrected chi connectivity index (χ0v) is 10.7. The number of para-hydroxylation sites is 2. The van der Waals surface area contributed by atoms with Crippen molar-refractivity contribution in [3.05, 3.63) is 24.3 Å². The third kappa shape index (κ3) is 2.26. The summed E-state index contributed by atoms with van der Waals surface area (Å²) in [5.41, 5.74) is 5.51. The Kier molecular flexibility index (Phi) is 3.06. The molecular weight excluding hydrogens is 244 g/mol. The molecule has 1 heterocycles. The maximum absolute atomic E-state index is 12.2. The van der Waals surface area contributed by atoms with E-state index in [1.54, 1.807) is 6.07 Å². The Labute approximate surface area is 112 Å².